The number of rotatable bonds is 3. The molecule has 2 aromatic carbocycles. The van der Waals surface area contributed by atoms with Gasteiger partial charge < -0.3 is 14.5 Å². The molecule has 0 saturated heterocycles. The predicted octanol–water partition coefficient (Wildman–Crippen LogP) is 5.21. The van der Waals surface area contributed by atoms with E-state index in [9.17, 15) is 4.79 Å². The highest BCUT2D eigenvalue weighted by atomic mass is 32.1. The maximum absolute atomic E-state index is 12.8. The summed E-state index contributed by atoms with van der Waals surface area (Å²) in [5, 5.41) is 2.96. The van der Waals surface area contributed by atoms with Gasteiger partial charge in [0.15, 0.2) is 12.2 Å². The number of benzene rings is 2. The molecule has 0 saturated carbocycles. The molecule has 27 heavy (non-hydrogen) atoms. The van der Waals surface area contributed by atoms with E-state index in [1.165, 1.54) is 17.7 Å². The fourth-order valence-corrected chi connectivity index (χ4v) is 4.21. The first kappa shape index (κ1) is 15.8. The van der Waals surface area contributed by atoms with Crippen LogP contribution in [0.2, 0.25) is 0 Å². The quantitative estimate of drug-likeness (QED) is 0.534. The molecule has 132 valence electrons. The number of ether oxygens (including phenoxy) is 1. The van der Waals surface area contributed by atoms with Crippen LogP contribution in [-0.4, -0.2) is 10.9 Å². The van der Waals surface area contributed by atoms with Gasteiger partial charge in [0.1, 0.15) is 12.4 Å². The zero-order chi connectivity index (χ0) is 18.2. The highest BCUT2D eigenvalue weighted by Gasteiger charge is 2.22. The molecule has 5 nitrogen and oxygen atoms in total. The number of oxazole rings is 1. The number of aromatic nitrogens is 1. The van der Waals surface area contributed by atoms with Crippen molar-refractivity contribution in [3.8, 4) is 27.5 Å². The number of hydrogen-bond acceptors (Lipinski definition) is 5. The Kier molecular flexibility index (Phi) is 3.76. The molecular weight excluding hydrogens is 360 g/mol. The van der Waals surface area contributed by atoms with Gasteiger partial charge in [-0.3, -0.25) is 4.79 Å². The van der Waals surface area contributed by atoms with Gasteiger partial charge in [-0.15, -0.1) is 11.3 Å². The summed E-state index contributed by atoms with van der Waals surface area (Å²) in [5.41, 5.74) is 3.64. The van der Waals surface area contributed by atoms with Gasteiger partial charge in [0.05, 0.1) is 11.1 Å². The fraction of sp³-hybridized carbons (Fsp3) is 0.0476. The van der Waals surface area contributed by atoms with E-state index >= 15 is 0 Å². The lowest BCUT2D eigenvalue weighted by molar-refractivity contribution is 0.103. The van der Waals surface area contributed by atoms with E-state index in [0.717, 1.165) is 27.3 Å². The lowest BCUT2D eigenvalue weighted by Crippen LogP contribution is -2.10. The topological polar surface area (TPSA) is 64.4 Å². The molecule has 3 heterocycles. The van der Waals surface area contributed by atoms with Crippen LogP contribution in [0.25, 0.3) is 21.8 Å². The van der Waals surface area contributed by atoms with Gasteiger partial charge in [-0.1, -0.05) is 24.3 Å². The Bertz CT molecular complexity index is 1130. The summed E-state index contributed by atoms with van der Waals surface area (Å²) in [4.78, 5) is 18.4. The number of nitrogens with zero attached hydrogens (tertiary/aromatic N) is 1. The normalized spacial score (nSPS) is 12.0. The lowest BCUT2D eigenvalue weighted by Gasteiger charge is -2.16. The third-order valence-electron chi connectivity index (χ3n) is 4.38. The third kappa shape index (κ3) is 2.90. The van der Waals surface area contributed by atoms with E-state index in [0.29, 0.717) is 22.9 Å². The summed E-state index contributed by atoms with van der Waals surface area (Å²) in [6, 6.07) is 17.3. The third-order valence-corrected chi connectivity index (χ3v) is 5.59. The summed E-state index contributed by atoms with van der Waals surface area (Å²) >= 11 is 1.49. The average Bonchev–Trinajstić information content (AvgIpc) is 3.38. The molecule has 0 radical (unpaired) electrons. The van der Waals surface area contributed by atoms with Crippen molar-refractivity contribution >= 4 is 22.9 Å². The molecule has 0 fully saturated rings. The van der Waals surface area contributed by atoms with Crippen LogP contribution >= 0.6 is 11.3 Å². The largest absolute Gasteiger partial charge is 0.488 e. The molecule has 1 aliphatic heterocycles. The van der Waals surface area contributed by atoms with Crippen LogP contribution in [0.4, 0.5) is 5.69 Å². The average molecular weight is 374 g/mol. The number of para-hydroxylation sites is 1. The van der Waals surface area contributed by atoms with Crippen LogP contribution in [0.15, 0.2) is 71.6 Å². The van der Waals surface area contributed by atoms with Gasteiger partial charge in [0.25, 0.3) is 5.91 Å². The molecule has 0 atom stereocenters. The minimum absolute atomic E-state index is 0.137. The van der Waals surface area contributed by atoms with Crippen LogP contribution in [0.5, 0.6) is 5.75 Å². The van der Waals surface area contributed by atoms with Crippen molar-refractivity contribution in [2.24, 2.45) is 0 Å². The lowest BCUT2D eigenvalue weighted by atomic mass is 10.1. The molecule has 4 aromatic rings. The maximum atomic E-state index is 12.8. The molecule has 0 aliphatic carbocycles. The van der Waals surface area contributed by atoms with E-state index in [4.69, 9.17) is 9.15 Å². The van der Waals surface area contributed by atoms with Gasteiger partial charge in [0.2, 0.25) is 0 Å². The Hall–Kier alpha value is -3.38. The highest BCUT2D eigenvalue weighted by molar-refractivity contribution is 7.17. The predicted molar refractivity (Wildman–Crippen MR) is 104 cm³/mol. The number of amides is 1. The number of carbonyl (C=O) groups is 1. The summed E-state index contributed by atoms with van der Waals surface area (Å²) in [6.07, 6.45) is 3.03. The number of nitrogens with one attached hydrogen (secondary N) is 1. The van der Waals surface area contributed by atoms with E-state index in [1.54, 1.807) is 6.20 Å². The van der Waals surface area contributed by atoms with Crippen LogP contribution in [0.1, 0.15) is 15.2 Å². The van der Waals surface area contributed by atoms with Crippen molar-refractivity contribution in [1.82, 2.24) is 4.98 Å². The van der Waals surface area contributed by atoms with Gasteiger partial charge in [0, 0.05) is 27.3 Å². The smallest absolute Gasteiger partial charge is 0.265 e. The molecule has 6 heteroatoms. The van der Waals surface area contributed by atoms with Crippen molar-refractivity contribution in [2.45, 2.75) is 6.61 Å². The summed E-state index contributed by atoms with van der Waals surface area (Å²) in [5.74, 6) is 1.38. The summed E-state index contributed by atoms with van der Waals surface area (Å²) in [6.45, 7) is 0.483. The first-order valence-corrected chi connectivity index (χ1v) is 9.25. The highest BCUT2D eigenvalue weighted by Crippen LogP contribution is 2.42. The minimum Gasteiger partial charge on any atom is -0.488 e. The first-order valence-electron chi connectivity index (χ1n) is 8.43. The molecule has 2 aromatic heterocycles. The standard InChI is InChI=1S/C21H14N2O3S/c24-21(23-15-5-3-4-13(8-15)18-10-22-12-26-18)19-9-14-11-25-17-7-2-1-6-16(17)20(14)27-19/h1-10,12H,11H2,(H,23,24). The molecule has 1 N–H and O–H groups in total. The van der Waals surface area contributed by atoms with E-state index in [-0.39, 0.29) is 5.91 Å². The summed E-state index contributed by atoms with van der Waals surface area (Å²) in [7, 11) is 0. The van der Waals surface area contributed by atoms with Gasteiger partial charge in [-0.25, -0.2) is 4.98 Å². The van der Waals surface area contributed by atoms with Crippen molar-refractivity contribution in [3.05, 3.63) is 77.6 Å². The van der Waals surface area contributed by atoms with E-state index in [1.807, 2.05) is 54.6 Å². The SMILES string of the molecule is O=C(Nc1cccc(-c2cnco2)c1)c1cc2c(s1)-c1ccccc1OC2. The Morgan fingerprint density at radius 2 is 2.04 bits per heavy atom. The Morgan fingerprint density at radius 3 is 2.93 bits per heavy atom. The van der Waals surface area contributed by atoms with Crippen LogP contribution in [0, 0.1) is 0 Å². The molecular formula is C21H14N2O3S. The monoisotopic (exact) mass is 374 g/mol. The second kappa shape index (κ2) is 6.41. The minimum atomic E-state index is -0.137. The van der Waals surface area contributed by atoms with Gasteiger partial charge in [-0.05, 0) is 30.3 Å². The molecule has 1 amide bonds. The zero-order valence-electron chi connectivity index (χ0n) is 14.1. The van der Waals surface area contributed by atoms with Gasteiger partial charge in [-0.2, -0.15) is 0 Å². The molecule has 5 rings (SSSR count). The van der Waals surface area contributed by atoms with Crippen LogP contribution in [0.3, 0.4) is 0 Å². The van der Waals surface area contributed by atoms with Crippen LogP contribution in [-0.2, 0) is 6.61 Å². The molecule has 0 unspecified atom stereocenters. The van der Waals surface area contributed by atoms with Crippen LogP contribution < -0.4 is 10.1 Å². The second-order valence-electron chi connectivity index (χ2n) is 6.15. The number of carbonyl (C=O) groups excluding carboxylic acids is 1. The number of thiophene rings is 1. The van der Waals surface area contributed by atoms with Crippen molar-refractivity contribution in [3.63, 3.8) is 0 Å². The number of hydrogen-bond donors (Lipinski definition) is 1. The van der Waals surface area contributed by atoms with Gasteiger partial charge >= 0.3 is 0 Å². The van der Waals surface area contributed by atoms with Crippen molar-refractivity contribution < 1.29 is 13.9 Å². The van der Waals surface area contributed by atoms with E-state index in [2.05, 4.69) is 10.3 Å². The number of fused-ring (bicyclic) bond motifs is 3. The Labute approximate surface area is 159 Å². The Balaban J connectivity index is 1.42. The Morgan fingerprint density at radius 1 is 1.11 bits per heavy atom. The molecule has 0 spiro atoms. The molecule has 0 bridgehead atoms. The first-order chi connectivity index (χ1) is 13.3. The van der Waals surface area contributed by atoms with Crippen molar-refractivity contribution in [1.29, 1.82) is 0 Å². The van der Waals surface area contributed by atoms with Crippen molar-refractivity contribution in [2.75, 3.05) is 5.32 Å². The molecule has 1 aliphatic rings. The number of anilines is 1. The fourth-order valence-electron chi connectivity index (χ4n) is 3.11. The van der Waals surface area contributed by atoms with E-state index < -0.39 is 0 Å². The maximum Gasteiger partial charge on any atom is 0.265 e. The second-order valence-corrected chi connectivity index (χ2v) is 7.20. The zero-order valence-corrected chi connectivity index (χ0v) is 15.0. The summed E-state index contributed by atoms with van der Waals surface area (Å²) < 4.78 is 11.1.